The molecule has 0 saturated carbocycles. The van der Waals surface area contributed by atoms with Gasteiger partial charge >= 0.3 is 5.97 Å². The molecule has 1 atom stereocenters. The van der Waals surface area contributed by atoms with E-state index in [1.807, 2.05) is 6.92 Å². The fraction of sp³-hybridized carbons (Fsp3) is 0.429. The van der Waals surface area contributed by atoms with Crippen LogP contribution in [0.1, 0.15) is 20.3 Å². The summed E-state index contributed by atoms with van der Waals surface area (Å²) < 4.78 is 17.9. The third kappa shape index (κ3) is 4.87. The molecule has 6 heteroatoms. The highest BCUT2D eigenvalue weighted by molar-refractivity contribution is 5.82. The minimum Gasteiger partial charge on any atom is -0.484 e. The summed E-state index contributed by atoms with van der Waals surface area (Å²) in [5, 5.41) is 8.82. The Morgan fingerprint density at radius 2 is 1.95 bits per heavy atom. The van der Waals surface area contributed by atoms with E-state index in [-0.39, 0.29) is 19.2 Å². The fourth-order valence-corrected chi connectivity index (χ4v) is 1.61. The van der Waals surface area contributed by atoms with Crippen LogP contribution in [-0.2, 0) is 9.59 Å². The molecule has 1 aromatic rings. The number of benzene rings is 1. The Morgan fingerprint density at radius 3 is 2.45 bits per heavy atom. The lowest BCUT2D eigenvalue weighted by Crippen LogP contribution is -2.44. The standard InChI is InChI=1S/C14H18FNO4/c1-3-10(2)16(8-14(18)19)13(17)9-20-12-6-4-11(15)5-7-12/h4-7,10H,3,8-9H2,1-2H3,(H,18,19). The summed E-state index contributed by atoms with van der Waals surface area (Å²) in [6.07, 6.45) is 0.648. The predicted octanol–water partition coefficient (Wildman–Crippen LogP) is 1.92. The number of carbonyl (C=O) groups is 2. The Hall–Kier alpha value is -2.11. The van der Waals surface area contributed by atoms with Crippen molar-refractivity contribution in [3.05, 3.63) is 30.1 Å². The van der Waals surface area contributed by atoms with Crippen LogP contribution in [0.25, 0.3) is 0 Å². The van der Waals surface area contributed by atoms with Crippen molar-refractivity contribution < 1.29 is 23.8 Å². The molecule has 0 spiro atoms. The van der Waals surface area contributed by atoms with E-state index in [0.29, 0.717) is 12.2 Å². The van der Waals surface area contributed by atoms with Gasteiger partial charge in [0.15, 0.2) is 6.61 Å². The van der Waals surface area contributed by atoms with Gasteiger partial charge in [0.25, 0.3) is 5.91 Å². The predicted molar refractivity (Wildman–Crippen MR) is 71.0 cm³/mol. The molecule has 20 heavy (non-hydrogen) atoms. The fourth-order valence-electron chi connectivity index (χ4n) is 1.61. The van der Waals surface area contributed by atoms with Crippen LogP contribution in [0.3, 0.4) is 0 Å². The number of halogens is 1. The monoisotopic (exact) mass is 283 g/mol. The lowest BCUT2D eigenvalue weighted by molar-refractivity contribution is -0.147. The smallest absolute Gasteiger partial charge is 0.323 e. The van der Waals surface area contributed by atoms with E-state index in [9.17, 15) is 14.0 Å². The van der Waals surface area contributed by atoms with Crippen LogP contribution in [-0.4, -0.2) is 41.1 Å². The average molecular weight is 283 g/mol. The summed E-state index contributed by atoms with van der Waals surface area (Å²) in [6.45, 7) is 3.01. The SMILES string of the molecule is CCC(C)N(CC(=O)O)C(=O)COc1ccc(F)cc1. The molecule has 0 radical (unpaired) electrons. The van der Waals surface area contributed by atoms with Crippen molar-refractivity contribution in [3.8, 4) is 5.75 Å². The lowest BCUT2D eigenvalue weighted by atomic mass is 10.2. The van der Waals surface area contributed by atoms with Gasteiger partial charge in [0.1, 0.15) is 18.1 Å². The zero-order chi connectivity index (χ0) is 15.1. The number of hydrogen-bond donors (Lipinski definition) is 1. The molecule has 0 fully saturated rings. The van der Waals surface area contributed by atoms with Crippen molar-refractivity contribution in [1.29, 1.82) is 0 Å². The number of aliphatic carboxylic acids is 1. The molecule has 0 aromatic heterocycles. The van der Waals surface area contributed by atoms with Gasteiger partial charge in [0.2, 0.25) is 0 Å². The Kier molecular flexibility index (Phi) is 5.96. The van der Waals surface area contributed by atoms with Crippen LogP contribution in [0.4, 0.5) is 4.39 Å². The Balaban J connectivity index is 2.61. The quantitative estimate of drug-likeness (QED) is 0.830. The topological polar surface area (TPSA) is 66.8 Å². The molecule has 1 unspecified atom stereocenters. The van der Waals surface area contributed by atoms with Crippen LogP contribution in [0.5, 0.6) is 5.75 Å². The van der Waals surface area contributed by atoms with Crippen molar-refractivity contribution >= 4 is 11.9 Å². The third-order valence-corrected chi connectivity index (χ3v) is 2.92. The first-order chi connectivity index (χ1) is 9.43. The van der Waals surface area contributed by atoms with E-state index >= 15 is 0 Å². The second kappa shape index (κ2) is 7.47. The van der Waals surface area contributed by atoms with E-state index in [1.54, 1.807) is 6.92 Å². The van der Waals surface area contributed by atoms with Crippen LogP contribution >= 0.6 is 0 Å². The molecule has 0 heterocycles. The van der Waals surface area contributed by atoms with Gasteiger partial charge in [-0.05, 0) is 37.6 Å². The second-order valence-corrected chi connectivity index (χ2v) is 4.42. The number of rotatable bonds is 7. The zero-order valence-corrected chi connectivity index (χ0v) is 11.5. The van der Waals surface area contributed by atoms with Crippen molar-refractivity contribution in [2.45, 2.75) is 26.3 Å². The molecule has 0 saturated heterocycles. The van der Waals surface area contributed by atoms with Crippen LogP contribution < -0.4 is 4.74 Å². The summed E-state index contributed by atoms with van der Waals surface area (Å²) in [7, 11) is 0. The summed E-state index contributed by atoms with van der Waals surface area (Å²) in [5.41, 5.74) is 0. The van der Waals surface area contributed by atoms with Crippen LogP contribution in [0, 0.1) is 5.82 Å². The first-order valence-electron chi connectivity index (χ1n) is 6.33. The van der Waals surface area contributed by atoms with Gasteiger partial charge < -0.3 is 14.7 Å². The number of nitrogens with zero attached hydrogens (tertiary/aromatic N) is 1. The van der Waals surface area contributed by atoms with Crippen molar-refractivity contribution in [3.63, 3.8) is 0 Å². The van der Waals surface area contributed by atoms with Gasteiger partial charge in [-0.3, -0.25) is 9.59 Å². The average Bonchev–Trinajstić information content (AvgIpc) is 2.42. The van der Waals surface area contributed by atoms with E-state index in [2.05, 4.69) is 0 Å². The number of amides is 1. The van der Waals surface area contributed by atoms with E-state index in [1.165, 1.54) is 29.2 Å². The highest BCUT2D eigenvalue weighted by Crippen LogP contribution is 2.12. The number of carboxylic acids is 1. The summed E-state index contributed by atoms with van der Waals surface area (Å²) in [5.74, 6) is -1.51. The maximum absolute atomic E-state index is 12.7. The molecule has 5 nitrogen and oxygen atoms in total. The highest BCUT2D eigenvalue weighted by Gasteiger charge is 2.21. The van der Waals surface area contributed by atoms with Crippen molar-refractivity contribution in [2.75, 3.05) is 13.2 Å². The largest absolute Gasteiger partial charge is 0.484 e. The molecule has 0 bridgehead atoms. The number of ether oxygens (including phenoxy) is 1. The van der Waals surface area contributed by atoms with Crippen LogP contribution in [0.15, 0.2) is 24.3 Å². The van der Waals surface area contributed by atoms with Gasteiger partial charge in [-0.25, -0.2) is 4.39 Å². The first-order valence-corrected chi connectivity index (χ1v) is 6.33. The van der Waals surface area contributed by atoms with Crippen molar-refractivity contribution in [1.82, 2.24) is 4.90 Å². The Morgan fingerprint density at radius 1 is 1.35 bits per heavy atom. The number of hydrogen-bond acceptors (Lipinski definition) is 3. The lowest BCUT2D eigenvalue weighted by Gasteiger charge is -2.26. The van der Waals surface area contributed by atoms with E-state index in [4.69, 9.17) is 9.84 Å². The minimum atomic E-state index is -1.07. The summed E-state index contributed by atoms with van der Waals surface area (Å²) in [4.78, 5) is 24.0. The molecule has 1 aromatic carbocycles. The second-order valence-electron chi connectivity index (χ2n) is 4.42. The molecular formula is C14H18FNO4. The molecule has 1 amide bonds. The van der Waals surface area contributed by atoms with Gasteiger partial charge in [-0.2, -0.15) is 0 Å². The molecule has 1 rings (SSSR count). The highest BCUT2D eigenvalue weighted by atomic mass is 19.1. The summed E-state index contributed by atoms with van der Waals surface area (Å²) >= 11 is 0. The van der Waals surface area contributed by atoms with Gasteiger partial charge in [-0.1, -0.05) is 6.92 Å². The maximum Gasteiger partial charge on any atom is 0.323 e. The molecule has 0 aliphatic heterocycles. The van der Waals surface area contributed by atoms with Gasteiger partial charge in [0, 0.05) is 6.04 Å². The molecular weight excluding hydrogens is 265 g/mol. The van der Waals surface area contributed by atoms with E-state index in [0.717, 1.165) is 0 Å². The van der Waals surface area contributed by atoms with Gasteiger partial charge in [0.05, 0.1) is 0 Å². The number of carboxylic acid groups (broad SMARTS) is 1. The van der Waals surface area contributed by atoms with E-state index < -0.39 is 17.7 Å². The molecule has 1 N–H and O–H groups in total. The zero-order valence-electron chi connectivity index (χ0n) is 11.5. The number of carbonyl (C=O) groups excluding carboxylic acids is 1. The maximum atomic E-state index is 12.7. The molecule has 110 valence electrons. The van der Waals surface area contributed by atoms with Crippen LogP contribution in [0.2, 0.25) is 0 Å². The Bertz CT molecular complexity index is 461. The van der Waals surface area contributed by atoms with Crippen molar-refractivity contribution in [2.24, 2.45) is 0 Å². The molecule has 0 aliphatic rings. The summed E-state index contributed by atoms with van der Waals surface area (Å²) in [6, 6.07) is 5.09. The normalized spacial score (nSPS) is 11.8. The minimum absolute atomic E-state index is 0.185. The first kappa shape index (κ1) is 15.9. The molecule has 0 aliphatic carbocycles. The Labute approximate surface area is 117 Å². The van der Waals surface area contributed by atoms with Gasteiger partial charge in [-0.15, -0.1) is 0 Å². The third-order valence-electron chi connectivity index (χ3n) is 2.92.